The smallest absolute Gasteiger partial charge is 0.343 e. The van der Waals surface area contributed by atoms with E-state index in [0.717, 1.165) is 5.56 Å². The van der Waals surface area contributed by atoms with Crippen LogP contribution in [0.1, 0.15) is 21.5 Å². The minimum Gasteiger partial charge on any atom is -0.477 e. The lowest BCUT2D eigenvalue weighted by molar-refractivity contribution is -0.385. The van der Waals surface area contributed by atoms with Crippen LogP contribution in [0.15, 0.2) is 12.1 Å². The van der Waals surface area contributed by atoms with E-state index >= 15 is 0 Å². The van der Waals surface area contributed by atoms with Crippen molar-refractivity contribution in [2.45, 2.75) is 12.3 Å². The normalized spacial score (nSPS) is 10.0. The van der Waals surface area contributed by atoms with Crippen molar-refractivity contribution in [1.82, 2.24) is 0 Å². The lowest BCUT2D eigenvalue weighted by Gasteiger charge is -2.06. The molecule has 0 saturated carbocycles. The maximum atomic E-state index is 10.9. The molecular formula is C9H8BrNO4. The zero-order valence-corrected chi connectivity index (χ0v) is 9.44. The van der Waals surface area contributed by atoms with E-state index in [1.807, 2.05) is 0 Å². The van der Waals surface area contributed by atoms with Gasteiger partial charge < -0.3 is 5.11 Å². The highest BCUT2D eigenvalue weighted by Gasteiger charge is 2.24. The monoisotopic (exact) mass is 273 g/mol. The number of hydrogen-bond acceptors (Lipinski definition) is 3. The second kappa shape index (κ2) is 4.39. The van der Waals surface area contributed by atoms with Gasteiger partial charge in [0.15, 0.2) is 0 Å². The number of benzene rings is 1. The summed E-state index contributed by atoms with van der Waals surface area (Å²) in [5.74, 6) is -1.28. The molecule has 0 aliphatic carbocycles. The summed E-state index contributed by atoms with van der Waals surface area (Å²) in [6.07, 6.45) is 0. The number of alkyl halides is 1. The molecule has 0 bridgehead atoms. The number of halogens is 1. The van der Waals surface area contributed by atoms with Gasteiger partial charge in [-0.05, 0) is 18.1 Å². The number of rotatable bonds is 3. The molecule has 0 saturated heterocycles. The van der Waals surface area contributed by atoms with Gasteiger partial charge >= 0.3 is 5.97 Å². The second-order valence-electron chi connectivity index (χ2n) is 2.95. The van der Waals surface area contributed by atoms with Crippen molar-refractivity contribution in [3.8, 4) is 0 Å². The highest BCUT2D eigenvalue weighted by molar-refractivity contribution is 9.08. The molecule has 0 aliphatic heterocycles. The topological polar surface area (TPSA) is 80.4 Å². The number of nitrogens with zero attached hydrogens (tertiary/aromatic N) is 1. The Kier molecular flexibility index (Phi) is 3.41. The van der Waals surface area contributed by atoms with Crippen LogP contribution in [0, 0.1) is 17.0 Å². The third kappa shape index (κ3) is 2.15. The summed E-state index contributed by atoms with van der Waals surface area (Å²) >= 11 is 3.12. The van der Waals surface area contributed by atoms with E-state index in [9.17, 15) is 14.9 Å². The van der Waals surface area contributed by atoms with Crippen molar-refractivity contribution in [3.63, 3.8) is 0 Å². The number of carboxylic acid groups (broad SMARTS) is 1. The van der Waals surface area contributed by atoms with E-state index in [1.54, 1.807) is 13.0 Å². The molecular weight excluding hydrogens is 266 g/mol. The zero-order valence-electron chi connectivity index (χ0n) is 7.86. The highest BCUT2D eigenvalue weighted by Crippen LogP contribution is 2.26. The summed E-state index contributed by atoms with van der Waals surface area (Å²) < 4.78 is 0. The molecule has 0 amide bonds. The van der Waals surface area contributed by atoms with E-state index in [0.29, 0.717) is 5.56 Å². The molecule has 0 unspecified atom stereocenters. The van der Waals surface area contributed by atoms with Crippen molar-refractivity contribution < 1.29 is 14.8 Å². The summed E-state index contributed by atoms with van der Waals surface area (Å²) in [7, 11) is 0. The van der Waals surface area contributed by atoms with Crippen LogP contribution in [-0.4, -0.2) is 16.0 Å². The molecule has 0 fully saturated rings. The lowest BCUT2D eigenvalue weighted by Crippen LogP contribution is -2.07. The Labute approximate surface area is 94.0 Å². The van der Waals surface area contributed by atoms with E-state index < -0.39 is 10.9 Å². The Bertz CT molecular complexity index is 430. The molecule has 0 aromatic heterocycles. The van der Waals surface area contributed by atoms with Gasteiger partial charge in [-0.3, -0.25) is 10.1 Å². The van der Waals surface area contributed by atoms with Crippen LogP contribution in [0.5, 0.6) is 0 Å². The summed E-state index contributed by atoms with van der Waals surface area (Å²) in [4.78, 5) is 20.9. The van der Waals surface area contributed by atoms with Crippen molar-refractivity contribution in [3.05, 3.63) is 38.9 Å². The number of nitro groups is 1. The molecule has 1 N–H and O–H groups in total. The third-order valence-corrected chi connectivity index (χ3v) is 2.63. The average Bonchev–Trinajstić information content (AvgIpc) is 2.16. The van der Waals surface area contributed by atoms with Crippen molar-refractivity contribution in [2.24, 2.45) is 0 Å². The van der Waals surface area contributed by atoms with Gasteiger partial charge in [0.2, 0.25) is 0 Å². The van der Waals surface area contributed by atoms with Gasteiger partial charge in [-0.15, -0.1) is 0 Å². The minimum atomic E-state index is -1.28. The largest absolute Gasteiger partial charge is 0.477 e. The van der Waals surface area contributed by atoms with Gasteiger partial charge in [0.1, 0.15) is 5.56 Å². The molecule has 0 radical (unpaired) electrons. The first-order chi connectivity index (χ1) is 6.99. The first-order valence-electron chi connectivity index (χ1n) is 4.05. The lowest BCUT2D eigenvalue weighted by atomic mass is 10.0. The summed E-state index contributed by atoms with van der Waals surface area (Å²) in [6.45, 7) is 1.72. The second-order valence-corrected chi connectivity index (χ2v) is 3.51. The molecule has 5 nitrogen and oxygen atoms in total. The Balaban J connectivity index is 3.56. The summed E-state index contributed by atoms with van der Waals surface area (Å²) in [6, 6.07) is 2.76. The number of hydrogen-bond donors (Lipinski definition) is 1. The van der Waals surface area contributed by atoms with Crippen molar-refractivity contribution in [1.29, 1.82) is 0 Å². The molecule has 1 rings (SSSR count). The fourth-order valence-corrected chi connectivity index (χ4v) is 2.03. The minimum absolute atomic E-state index is 0.239. The number of aryl methyl sites for hydroxylation is 1. The molecule has 0 atom stereocenters. The first-order valence-corrected chi connectivity index (χ1v) is 5.17. The van der Waals surface area contributed by atoms with Crippen LogP contribution >= 0.6 is 15.9 Å². The van der Waals surface area contributed by atoms with Gasteiger partial charge in [-0.1, -0.05) is 22.0 Å². The van der Waals surface area contributed by atoms with Crippen LogP contribution in [0.25, 0.3) is 0 Å². The maximum Gasteiger partial charge on any atom is 0.343 e. The molecule has 1 aromatic carbocycles. The molecule has 0 spiro atoms. The van der Waals surface area contributed by atoms with E-state index in [-0.39, 0.29) is 16.6 Å². The molecule has 15 heavy (non-hydrogen) atoms. The van der Waals surface area contributed by atoms with Crippen LogP contribution in [0.4, 0.5) is 5.69 Å². The van der Waals surface area contributed by atoms with E-state index in [2.05, 4.69) is 15.9 Å². The fourth-order valence-electron chi connectivity index (χ4n) is 1.30. The van der Waals surface area contributed by atoms with Crippen LogP contribution in [0.2, 0.25) is 0 Å². The number of aromatic carboxylic acids is 1. The highest BCUT2D eigenvalue weighted by atomic mass is 79.9. The first kappa shape index (κ1) is 11.6. The van der Waals surface area contributed by atoms with E-state index in [1.165, 1.54) is 6.07 Å². The molecule has 6 heteroatoms. The Morgan fingerprint density at radius 1 is 1.60 bits per heavy atom. The van der Waals surface area contributed by atoms with Crippen molar-refractivity contribution in [2.75, 3.05) is 0 Å². The SMILES string of the molecule is Cc1ccc([N+](=O)[O-])c(C(=O)O)c1CBr. The van der Waals surface area contributed by atoms with Gasteiger partial charge in [0.25, 0.3) is 5.69 Å². The molecule has 0 heterocycles. The number of nitro benzene ring substituents is 1. The summed E-state index contributed by atoms with van der Waals surface area (Å²) in [5, 5.41) is 19.8. The summed E-state index contributed by atoms with van der Waals surface area (Å²) in [5.41, 5.74) is 0.547. The van der Waals surface area contributed by atoms with Gasteiger partial charge in [-0.2, -0.15) is 0 Å². The van der Waals surface area contributed by atoms with Crippen LogP contribution < -0.4 is 0 Å². The third-order valence-electron chi connectivity index (χ3n) is 2.07. The number of carbonyl (C=O) groups is 1. The quantitative estimate of drug-likeness (QED) is 0.521. The van der Waals surface area contributed by atoms with Gasteiger partial charge in [-0.25, -0.2) is 4.79 Å². The van der Waals surface area contributed by atoms with Crippen LogP contribution in [-0.2, 0) is 5.33 Å². The van der Waals surface area contributed by atoms with Crippen molar-refractivity contribution >= 4 is 27.6 Å². The van der Waals surface area contributed by atoms with E-state index in [4.69, 9.17) is 5.11 Å². The average molecular weight is 274 g/mol. The molecule has 1 aromatic rings. The standard InChI is InChI=1S/C9H8BrNO4/c1-5-2-3-7(11(14)15)8(9(12)13)6(5)4-10/h2-3H,4H2,1H3,(H,12,13). The predicted molar refractivity (Wildman–Crippen MR) is 57.4 cm³/mol. The Morgan fingerprint density at radius 2 is 2.20 bits per heavy atom. The Hall–Kier alpha value is -1.43. The van der Waals surface area contributed by atoms with Gasteiger partial charge in [0.05, 0.1) is 4.92 Å². The zero-order chi connectivity index (χ0) is 11.6. The predicted octanol–water partition coefficient (Wildman–Crippen LogP) is 2.50. The maximum absolute atomic E-state index is 10.9. The number of carboxylic acids is 1. The molecule has 80 valence electrons. The van der Waals surface area contributed by atoms with Crippen LogP contribution in [0.3, 0.4) is 0 Å². The fraction of sp³-hybridized carbons (Fsp3) is 0.222. The molecule has 0 aliphatic rings. The Morgan fingerprint density at radius 3 is 2.60 bits per heavy atom. The van der Waals surface area contributed by atoms with Gasteiger partial charge in [0, 0.05) is 11.4 Å².